The lowest BCUT2D eigenvalue weighted by Crippen LogP contribution is -2.40. The third-order valence-electron chi connectivity index (χ3n) is 4.75. The van der Waals surface area contributed by atoms with E-state index in [2.05, 4.69) is 15.3 Å². The number of aryl methyl sites for hydroxylation is 1. The van der Waals surface area contributed by atoms with E-state index < -0.39 is 9.84 Å². The van der Waals surface area contributed by atoms with Crippen molar-refractivity contribution in [3.63, 3.8) is 0 Å². The fourth-order valence-electron chi connectivity index (χ4n) is 3.34. The van der Waals surface area contributed by atoms with Crippen LogP contribution >= 0.6 is 0 Å². The highest BCUT2D eigenvalue weighted by atomic mass is 32.2. The van der Waals surface area contributed by atoms with Crippen molar-refractivity contribution in [3.8, 4) is 11.4 Å². The first-order valence-corrected chi connectivity index (χ1v) is 10.8. The maximum atomic E-state index is 12.9. The molecule has 0 saturated carbocycles. The van der Waals surface area contributed by atoms with Crippen molar-refractivity contribution >= 4 is 21.6 Å². The predicted octanol–water partition coefficient (Wildman–Crippen LogP) is 2.14. The zero-order chi connectivity index (χ0) is 19.6. The number of nitrogens with zero attached hydrogens (tertiary/aromatic N) is 3. The van der Waals surface area contributed by atoms with E-state index in [4.69, 9.17) is 0 Å². The molecular formula is C19H24N4O3S. The van der Waals surface area contributed by atoms with Crippen LogP contribution < -0.4 is 5.32 Å². The normalized spacial score (nSPS) is 18.3. The number of hydrogen-bond donors (Lipinski definition) is 1. The molecule has 7 nitrogen and oxygen atoms in total. The highest BCUT2D eigenvalue weighted by Gasteiger charge is 2.34. The van der Waals surface area contributed by atoms with Crippen LogP contribution in [0.3, 0.4) is 0 Å². The lowest BCUT2D eigenvalue weighted by atomic mass is 10.1. The fourth-order valence-corrected chi connectivity index (χ4v) is 5.07. The summed E-state index contributed by atoms with van der Waals surface area (Å²) in [6, 6.07) is 8.74. The molecule has 27 heavy (non-hydrogen) atoms. The molecule has 1 atom stereocenters. The van der Waals surface area contributed by atoms with Gasteiger partial charge in [-0.15, -0.1) is 0 Å². The molecule has 1 aromatic heterocycles. The van der Waals surface area contributed by atoms with Gasteiger partial charge in [0.2, 0.25) is 0 Å². The van der Waals surface area contributed by atoms with Crippen LogP contribution in [0.2, 0.25) is 0 Å². The van der Waals surface area contributed by atoms with Gasteiger partial charge >= 0.3 is 0 Å². The van der Waals surface area contributed by atoms with E-state index in [9.17, 15) is 13.2 Å². The molecule has 0 spiro atoms. The molecular weight excluding hydrogens is 364 g/mol. The zero-order valence-electron chi connectivity index (χ0n) is 15.8. The van der Waals surface area contributed by atoms with Gasteiger partial charge in [-0.25, -0.2) is 18.4 Å². The third kappa shape index (κ3) is 4.27. The summed E-state index contributed by atoms with van der Waals surface area (Å²) in [6.07, 6.45) is 0.504. The highest BCUT2D eigenvalue weighted by molar-refractivity contribution is 7.91. The van der Waals surface area contributed by atoms with Gasteiger partial charge in [-0.3, -0.25) is 4.79 Å². The Morgan fingerprint density at radius 1 is 1.26 bits per heavy atom. The van der Waals surface area contributed by atoms with Crippen molar-refractivity contribution in [2.75, 3.05) is 30.4 Å². The number of nitrogens with one attached hydrogen (secondary N) is 1. The Kier molecular flexibility index (Phi) is 5.46. The quantitative estimate of drug-likeness (QED) is 0.844. The number of hydrogen-bond acceptors (Lipinski definition) is 6. The van der Waals surface area contributed by atoms with Crippen LogP contribution in [0, 0.1) is 6.92 Å². The van der Waals surface area contributed by atoms with Gasteiger partial charge in [0, 0.05) is 42.5 Å². The van der Waals surface area contributed by atoms with Gasteiger partial charge in [-0.05, 0) is 32.4 Å². The van der Waals surface area contributed by atoms with E-state index >= 15 is 0 Å². The number of benzene rings is 1. The van der Waals surface area contributed by atoms with Gasteiger partial charge in [0.25, 0.3) is 5.91 Å². The van der Waals surface area contributed by atoms with Crippen molar-refractivity contribution in [1.29, 1.82) is 0 Å². The summed E-state index contributed by atoms with van der Waals surface area (Å²) < 4.78 is 23.5. The molecule has 1 N–H and O–H groups in total. The van der Waals surface area contributed by atoms with Crippen molar-refractivity contribution in [2.24, 2.45) is 0 Å². The minimum Gasteiger partial charge on any atom is -0.373 e. The van der Waals surface area contributed by atoms with Gasteiger partial charge in [-0.2, -0.15) is 0 Å². The molecule has 1 aromatic carbocycles. The highest BCUT2D eigenvalue weighted by Crippen LogP contribution is 2.22. The molecule has 3 rings (SSSR count). The molecule has 0 radical (unpaired) electrons. The minimum atomic E-state index is -3.04. The van der Waals surface area contributed by atoms with Crippen LogP contribution in [-0.2, 0) is 9.84 Å². The van der Waals surface area contributed by atoms with Crippen LogP contribution in [-0.4, -0.2) is 60.3 Å². The molecule has 1 saturated heterocycles. The number of anilines is 1. The first-order valence-electron chi connectivity index (χ1n) is 8.98. The summed E-state index contributed by atoms with van der Waals surface area (Å²) >= 11 is 0. The first-order chi connectivity index (χ1) is 12.8. The number of rotatable bonds is 5. The summed E-state index contributed by atoms with van der Waals surface area (Å²) in [4.78, 5) is 23.4. The Labute approximate surface area is 159 Å². The molecule has 8 heteroatoms. The molecule has 1 aliphatic heterocycles. The second-order valence-electron chi connectivity index (χ2n) is 6.69. The van der Waals surface area contributed by atoms with Crippen molar-refractivity contribution in [3.05, 3.63) is 41.6 Å². The van der Waals surface area contributed by atoms with Crippen LogP contribution in [0.4, 0.5) is 5.82 Å². The molecule has 1 fully saturated rings. The average molecular weight is 388 g/mol. The van der Waals surface area contributed by atoms with E-state index in [1.165, 1.54) is 0 Å². The summed E-state index contributed by atoms with van der Waals surface area (Å²) in [5.74, 6) is 1.38. The number of carbonyl (C=O) groups is 1. The van der Waals surface area contributed by atoms with E-state index in [1.54, 1.807) is 24.1 Å². The number of amides is 1. The smallest absolute Gasteiger partial charge is 0.254 e. The summed E-state index contributed by atoms with van der Waals surface area (Å²) in [5.41, 5.74) is 2.20. The molecule has 1 aliphatic rings. The van der Waals surface area contributed by atoms with Crippen molar-refractivity contribution in [2.45, 2.75) is 26.3 Å². The summed E-state index contributed by atoms with van der Waals surface area (Å²) in [5, 5.41) is 3.01. The molecule has 0 bridgehead atoms. The Morgan fingerprint density at radius 3 is 2.52 bits per heavy atom. The summed E-state index contributed by atoms with van der Waals surface area (Å²) in [6.45, 7) is 4.25. The fraction of sp³-hybridized carbons (Fsp3) is 0.421. The van der Waals surface area contributed by atoms with Gasteiger partial charge < -0.3 is 10.2 Å². The van der Waals surface area contributed by atoms with Crippen LogP contribution in [0.15, 0.2) is 30.3 Å². The lowest BCUT2D eigenvalue weighted by molar-refractivity contribution is 0.0708. The topological polar surface area (TPSA) is 92.3 Å². The van der Waals surface area contributed by atoms with Crippen LogP contribution in [0.1, 0.15) is 29.4 Å². The Balaban J connectivity index is 1.82. The molecule has 1 unspecified atom stereocenters. The molecule has 2 heterocycles. The van der Waals surface area contributed by atoms with Gasteiger partial charge in [0.05, 0.1) is 11.5 Å². The number of carbonyl (C=O) groups excluding carboxylic acids is 1. The van der Waals surface area contributed by atoms with E-state index in [1.807, 2.05) is 32.0 Å². The van der Waals surface area contributed by atoms with E-state index in [0.29, 0.717) is 24.4 Å². The number of aromatic nitrogens is 2. The van der Waals surface area contributed by atoms with Crippen LogP contribution in [0.5, 0.6) is 0 Å². The largest absolute Gasteiger partial charge is 0.373 e. The third-order valence-corrected chi connectivity index (χ3v) is 6.50. The second-order valence-corrected chi connectivity index (χ2v) is 8.92. The van der Waals surface area contributed by atoms with Crippen molar-refractivity contribution < 1.29 is 13.2 Å². The van der Waals surface area contributed by atoms with Gasteiger partial charge in [0.15, 0.2) is 15.7 Å². The summed E-state index contributed by atoms with van der Waals surface area (Å²) in [7, 11) is -1.23. The first kappa shape index (κ1) is 19.3. The van der Waals surface area contributed by atoms with Crippen LogP contribution in [0.25, 0.3) is 11.4 Å². The maximum absolute atomic E-state index is 12.9. The van der Waals surface area contributed by atoms with Gasteiger partial charge in [0.1, 0.15) is 5.82 Å². The standard InChI is InChI=1S/C19H24N4O3S/c1-4-23(16-9-10-27(25,26)12-16)19(24)15-7-5-14(6-8-15)18-21-13(2)11-17(20-3)22-18/h5-8,11,16H,4,9-10,12H2,1-3H3,(H,20,21,22). The van der Waals surface area contributed by atoms with Gasteiger partial charge in [-0.1, -0.05) is 12.1 Å². The molecule has 2 aromatic rings. The van der Waals surface area contributed by atoms with E-state index in [0.717, 1.165) is 17.1 Å². The predicted molar refractivity (Wildman–Crippen MR) is 106 cm³/mol. The van der Waals surface area contributed by atoms with Crippen molar-refractivity contribution in [1.82, 2.24) is 14.9 Å². The Morgan fingerprint density at radius 2 is 1.96 bits per heavy atom. The lowest BCUT2D eigenvalue weighted by Gasteiger charge is -2.27. The second kappa shape index (κ2) is 7.64. The minimum absolute atomic E-state index is 0.0502. The molecule has 144 valence electrons. The Bertz CT molecular complexity index is 942. The SMILES string of the molecule is CCN(C(=O)c1ccc(-c2nc(C)cc(NC)n2)cc1)C1CCS(=O)(=O)C1. The number of sulfone groups is 1. The molecule has 1 amide bonds. The monoisotopic (exact) mass is 388 g/mol. The Hall–Kier alpha value is -2.48. The maximum Gasteiger partial charge on any atom is 0.254 e. The van der Waals surface area contributed by atoms with E-state index in [-0.39, 0.29) is 23.5 Å². The zero-order valence-corrected chi connectivity index (χ0v) is 16.6. The molecule has 0 aliphatic carbocycles. The average Bonchev–Trinajstić information content (AvgIpc) is 3.01.